The van der Waals surface area contributed by atoms with Gasteiger partial charge >= 0.3 is 5.97 Å². The number of ether oxygens (including phenoxy) is 1. The van der Waals surface area contributed by atoms with Crippen LogP contribution in [0.5, 0.6) is 0 Å². The van der Waals surface area contributed by atoms with Crippen molar-refractivity contribution < 1.29 is 28.9 Å². The summed E-state index contributed by atoms with van der Waals surface area (Å²) in [5.41, 5.74) is 0.362. The molecule has 4 rings (SSSR count). The highest BCUT2D eigenvalue weighted by atomic mass is 16.7. The van der Waals surface area contributed by atoms with Gasteiger partial charge < -0.3 is 9.57 Å². The number of amides is 2. The Morgan fingerprint density at radius 2 is 1.93 bits per heavy atom. The number of rotatable bonds is 4. The maximum atomic E-state index is 13.1. The zero-order chi connectivity index (χ0) is 20.7. The number of non-ortho nitro benzene ring substituents is 1. The van der Waals surface area contributed by atoms with Gasteiger partial charge in [-0.3, -0.25) is 19.7 Å². The van der Waals surface area contributed by atoms with Crippen molar-refractivity contribution in [1.29, 1.82) is 0 Å². The Hall–Kier alpha value is -4.08. The highest BCUT2D eigenvalue weighted by Crippen LogP contribution is 2.37. The van der Waals surface area contributed by atoms with Gasteiger partial charge in [0.1, 0.15) is 11.6 Å². The molecule has 0 N–H and O–H groups in total. The van der Waals surface area contributed by atoms with Gasteiger partial charge in [0, 0.05) is 17.7 Å². The summed E-state index contributed by atoms with van der Waals surface area (Å²) in [6, 6.07) is 11.6. The topological polar surface area (TPSA) is 128 Å². The molecule has 29 heavy (non-hydrogen) atoms. The summed E-state index contributed by atoms with van der Waals surface area (Å²) in [7, 11) is 1.19. The van der Waals surface area contributed by atoms with Gasteiger partial charge in [0.15, 0.2) is 0 Å². The van der Waals surface area contributed by atoms with Gasteiger partial charge in [-0.05, 0) is 12.1 Å². The fraction of sp³-hybridized carbons (Fsp3) is 0.158. The average molecular weight is 395 g/mol. The molecule has 1 fully saturated rings. The Labute approximate surface area is 163 Å². The van der Waals surface area contributed by atoms with Crippen LogP contribution in [0.25, 0.3) is 0 Å². The second-order valence-corrected chi connectivity index (χ2v) is 6.31. The molecule has 0 bridgehead atoms. The molecule has 2 atom stereocenters. The van der Waals surface area contributed by atoms with Gasteiger partial charge in [0.25, 0.3) is 11.6 Å². The maximum absolute atomic E-state index is 13.1. The molecule has 10 heteroatoms. The lowest BCUT2D eigenvalue weighted by atomic mass is 9.94. The predicted octanol–water partition coefficient (Wildman–Crippen LogP) is 1.67. The first kappa shape index (κ1) is 18.3. The number of hydrogen-bond acceptors (Lipinski definition) is 8. The first-order valence-electron chi connectivity index (χ1n) is 8.47. The Kier molecular flexibility index (Phi) is 4.30. The monoisotopic (exact) mass is 395 g/mol. The minimum absolute atomic E-state index is 0.0468. The highest BCUT2D eigenvalue weighted by Gasteiger charge is 2.56. The number of nitro benzene ring substituents is 1. The van der Waals surface area contributed by atoms with E-state index in [0.29, 0.717) is 5.56 Å². The van der Waals surface area contributed by atoms with Crippen molar-refractivity contribution in [2.45, 2.75) is 6.10 Å². The van der Waals surface area contributed by atoms with E-state index in [1.54, 1.807) is 18.2 Å². The highest BCUT2D eigenvalue weighted by molar-refractivity contribution is 6.33. The second-order valence-electron chi connectivity index (χ2n) is 6.31. The fourth-order valence-corrected chi connectivity index (χ4v) is 3.38. The van der Waals surface area contributed by atoms with Crippen LogP contribution < -0.4 is 4.90 Å². The molecule has 2 aromatic carbocycles. The van der Waals surface area contributed by atoms with Gasteiger partial charge in [-0.2, -0.15) is 0 Å². The van der Waals surface area contributed by atoms with Gasteiger partial charge in [-0.1, -0.05) is 29.4 Å². The van der Waals surface area contributed by atoms with E-state index in [4.69, 9.17) is 9.57 Å². The molecule has 0 aromatic heterocycles. The predicted molar refractivity (Wildman–Crippen MR) is 98.3 cm³/mol. The second kappa shape index (κ2) is 6.82. The number of imide groups is 1. The molecule has 0 spiro atoms. The number of nitro groups is 1. The molecule has 0 radical (unpaired) electrons. The van der Waals surface area contributed by atoms with Gasteiger partial charge in [-0.25, -0.2) is 9.69 Å². The molecule has 2 aliphatic heterocycles. The Bertz CT molecular complexity index is 1090. The zero-order valence-corrected chi connectivity index (χ0v) is 15.0. The summed E-state index contributed by atoms with van der Waals surface area (Å²) in [6.07, 6.45) is -1.21. The van der Waals surface area contributed by atoms with Crippen molar-refractivity contribution in [1.82, 2.24) is 0 Å². The van der Waals surface area contributed by atoms with E-state index in [0.717, 1.165) is 4.90 Å². The van der Waals surface area contributed by atoms with Crippen molar-refractivity contribution in [3.63, 3.8) is 0 Å². The Morgan fingerprint density at radius 3 is 2.66 bits per heavy atom. The first-order valence-corrected chi connectivity index (χ1v) is 8.47. The zero-order valence-electron chi connectivity index (χ0n) is 15.0. The molecule has 0 saturated carbocycles. The minimum atomic E-state index is -1.21. The van der Waals surface area contributed by atoms with Crippen molar-refractivity contribution in [2.75, 3.05) is 12.0 Å². The lowest BCUT2D eigenvalue weighted by Gasteiger charge is -2.18. The molecule has 146 valence electrons. The van der Waals surface area contributed by atoms with Crippen LogP contribution in [0, 0.1) is 16.0 Å². The van der Waals surface area contributed by atoms with Gasteiger partial charge in [0.2, 0.25) is 12.0 Å². The van der Waals surface area contributed by atoms with Crippen LogP contribution in [-0.2, 0) is 19.2 Å². The van der Waals surface area contributed by atoms with E-state index < -0.39 is 34.7 Å². The van der Waals surface area contributed by atoms with Crippen LogP contribution in [0.2, 0.25) is 0 Å². The van der Waals surface area contributed by atoms with Crippen molar-refractivity contribution in [3.05, 3.63) is 69.8 Å². The largest absolute Gasteiger partial charge is 0.465 e. The van der Waals surface area contributed by atoms with E-state index in [1.165, 1.54) is 37.4 Å². The van der Waals surface area contributed by atoms with Crippen molar-refractivity contribution in [3.8, 4) is 0 Å². The summed E-state index contributed by atoms with van der Waals surface area (Å²) >= 11 is 0. The summed E-state index contributed by atoms with van der Waals surface area (Å²) in [4.78, 5) is 54.6. The van der Waals surface area contributed by atoms with E-state index >= 15 is 0 Å². The number of esters is 1. The number of benzene rings is 2. The smallest absolute Gasteiger partial charge is 0.339 e. The van der Waals surface area contributed by atoms with Crippen molar-refractivity contribution in [2.24, 2.45) is 11.1 Å². The molecule has 1 saturated heterocycles. The third-order valence-electron chi connectivity index (χ3n) is 4.72. The fourth-order valence-electron chi connectivity index (χ4n) is 3.38. The summed E-state index contributed by atoms with van der Waals surface area (Å²) in [5.74, 6) is -3.10. The van der Waals surface area contributed by atoms with E-state index in [9.17, 15) is 24.5 Å². The molecule has 10 nitrogen and oxygen atoms in total. The minimum Gasteiger partial charge on any atom is -0.465 e. The number of methoxy groups -OCH3 is 1. The summed E-state index contributed by atoms with van der Waals surface area (Å²) < 4.78 is 4.72. The third-order valence-corrected chi connectivity index (χ3v) is 4.72. The quantitative estimate of drug-likeness (QED) is 0.333. The lowest BCUT2D eigenvalue weighted by Crippen LogP contribution is -2.34. The van der Waals surface area contributed by atoms with E-state index in [-0.39, 0.29) is 22.6 Å². The van der Waals surface area contributed by atoms with Crippen LogP contribution in [0.15, 0.2) is 53.7 Å². The number of carbonyl (C=O) groups is 3. The summed E-state index contributed by atoms with van der Waals surface area (Å²) in [5, 5.41) is 14.9. The molecular formula is C19H13N3O7. The molecule has 2 aliphatic rings. The first-order chi connectivity index (χ1) is 13.9. The average Bonchev–Trinajstić information content (AvgIpc) is 3.28. The number of carbonyl (C=O) groups excluding carboxylic acids is 3. The molecule has 2 aromatic rings. The number of oxime groups is 1. The third kappa shape index (κ3) is 2.81. The molecule has 2 heterocycles. The van der Waals surface area contributed by atoms with Crippen LogP contribution >= 0.6 is 0 Å². The standard InChI is InChI=1S/C19H13N3O7/c1-28-19(25)12-7-2-3-8-13(12)21-17(23)14-15(20-29-16(14)18(21)24)10-5-4-6-11(9-10)22(26)27/h2-9,14,16H,1H3/t14-,16+/m1/s1. The molecule has 0 unspecified atom stereocenters. The van der Waals surface area contributed by atoms with Crippen LogP contribution in [0.3, 0.4) is 0 Å². The van der Waals surface area contributed by atoms with E-state index in [2.05, 4.69) is 5.16 Å². The van der Waals surface area contributed by atoms with Crippen LogP contribution in [0.1, 0.15) is 15.9 Å². The summed E-state index contributed by atoms with van der Waals surface area (Å²) in [6.45, 7) is 0. The lowest BCUT2D eigenvalue weighted by molar-refractivity contribution is -0.384. The van der Waals surface area contributed by atoms with Crippen molar-refractivity contribution >= 4 is 34.9 Å². The molecule has 0 aliphatic carbocycles. The van der Waals surface area contributed by atoms with E-state index in [1.807, 2.05) is 0 Å². The molecular weight excluding hydrogens is 382 g/mol. The number of anilines is 1. The van der Waals surface area contributed by atoms with Crippen LogP contribution in [-0.4, -0.2) is 41.6 Å². The molecule has 2 amide bonds. The van der Waals surface area contributed by atoms with Gasteiger partial charge in [-0.15, -0.1) is 0 Å². The number of fused-ring (bicyclic) bond motifs is 1. The number of hydrogen-bond donors (Lipinski definition) is 0. The number of para-hydroxylation sites is 1. The van der Waals surface area contributed by atoms with Crippen LogP contribution in [0.4, 0.5) is 11.4 Å². The van der Waals surface area contributed by atoms with Gasteiger partial charge in [0.05, 0.1) is 23.3 Å². The normalized spacial score (nSPS) is 20.2. The maximum Gasteiger partial charge on any atom is 0.339 e. The number of nitrogens with zero attached hydrogens (tertiary/aromatic N) is 3. The SMILES string of the molecule is COC(=O)c1ccccc1N1C(=O)[C@@H]2C(c3cccc([N+](=O)[O-])c3)=NO[C@@H]2C1=O. The Morgan fingerprint density at radius 1 is 1.17 bits per heavy atom. The Balaban J connectivity index is 1.73.